The topological polar surface area (TPSA) is 12.0 Å². The van der Waals surface area contributed by atoms with Gasteiger partial charge in [-0.05, 0) is 31.0 Å². The van der Waals surface area contributed by atoms with E-state index in [4.69, 9.17) is 11.6 Å². The normalized spacial score (nSPS) is 19.2. The van der Waals surface area contributed by atoms with Crippen LogP contribution in [0.25, 0.3) is 0 Å². The number of nitrogens with one attached hydrogen (secondary N) is 1. The summed E-state index contributed by atoms with van der Waals surface area (Å²) in [5.74, 6) is 0. The summed E-state index contributed by atoms with van der Waals surface area (Å²) >= 11 is 6.11. The zero-order chi connectivity index (χ0) is 8.77. The van der Waals surface area contributed by atoms with E-state index in [1.54, 1.807) is 0 Å². The predicted molar refractivity (Wildman–Crippen MR) is 51.3 cm³/mol. The number of rotatable bonds is 0. The van der Waals surface area contributed by atoms with Gasteiger partial charge in [0.25, 0.3) is 0 Å². The molecule has 0 fully saturated rings. The van der Waals surface area contributed by atoms with Gasteiger partial charge in [-0.1, -0.05) is 23.7 Å². The van der Waals surface area contributed by atoms with Crippen molar-refractivity contribution < 1.29 is 0 Å². The first-order chi connectivity index (χ1) is 5.61. The number of fused-ring (bicyclic) bond motifs is 1. The molecule has 0 atom stereocenters. The van der Waals surface area contributed by atoms with Crippen LogP contribution in [0.4, 0.5) is 0 Å². The zero-order valence-corrected chi connectivity index (χ0v) is 8.07. The fourth-order valence-corrected chi connectivity index (χ4v) is 2.25. The van der Waals surface area contributed by atoms with Crippen molar-refractivity contribution in [2.75, 3.05) is 0 Å². The smallest absolute Gasteiger partial charge is 0.0459 e. The van der Waals surface area contributed by atoms with Crippen LogP contribution in [0.1, 0.15) is 25.0 Å². The Kier molecular flexibility index (Phi) is 1.67. The van der Waals surface area contributed by atoms with Gasteiger partial charge in [0.2, 0.25) is 0 Å². The molecule has 12 heavy (non-hydrogen) atoms. The van der Waals surface area contributed by atoms with E-state index < -0.39 is 0 Å². The number of halogens is 1. The minimum absolute atomic E-state index is 0.0354. The summed E-state index contributed by atoms with van der Waals surface area (Å²) in [6.07, 6.45) is 0. The standard InChI is InChI=1S/C10H12ClN/c1-10(2)9-7(6-12-10)4-3-5-8(9)11/h3-5,12H,6H2,1-2H3. The van der Waals surface area contributed by atoms with Crippen molar-refractivity contribution >= 4 is 11.6 Å². The molecule has 0 spiro atoms. The molecule has 0 unspecified atom stereocenters. The molecule has 2 heteroatoms. The molecule has 64 valence electrons. The van der Waals surface area contributed by atoms with Gasteiger partial charge in [-0.3, -0.25) is 0 Å². The zero-order valence-electron chi connectivity index (χ0n) is 7.32. The van der Waals surface area contributed by atoms with Crippen LogP contribution in [0, 0.1) is 0 Å². The van der Waals surface area contributed by atoms with Crippen LogP contribution in [0.3, 0.4) is 0 Å². The molecule has 1 aromatic rings. The summed E-state index contributed by atoms with van der Waals surface area (Å²) < 4.78 is 0. The Morgan fingerprint density at radius 2 is 2.17 bits per heavy atom. The Hall–Kier alpha value is -0.530. The van der Waals surface area contributed by atoms with Gasteiger partial charge in [0, 0.05) is 17.1 Å². The van der Waals surface area contributed by atoms with Gasteiger partial charge < -0.3 is 5.32 Å². The van der Waals surface area contributed by atoms with Crippen LogP contribution in [0.5, 0.6) is 0 Å². The van der Waals surface area contributed by atoms with E-state index in [1.165, 1.54) is 11.1 Å². The lowest BCUT2D eigenvalue weighted by Gasteiger charge is -2.20. The lowest BCUT2D eigenvalue weighted by Crippen LogP contribution is -2.29. The minimum atomic E-state index is 0.0354. The van der Waals surface area contributed by atoms with Gasteiger partial charge in [-0.2, -0.15) is 0 Å². The maximum Gasteiger partial charge on any atom is 0.0459 e. The molecular formula is C10H12ClN. The van der Waals surface area contributed by atoms with E-state index in [0.29, 0.717) is 0 Å². The highest BCUT2D eigenvalue weighted by Crippen LogP contribution is 2.35. The van der Waals surface area contributed by atoms with Crippen LogP contribution in [-0.2, 0) is 12.1 Å². The second-order valence-electron chi connectivity index (χ2n) is 3.75. The Morgan fingerprint density at radius 1 is 1.42 bits per heavy atom. The highest BCUT2D eigenvalue weighted by atomic mass is 35.5. The highest BCUT2D eigenvalue weighted by molar-refractivity contribution is 6.31. The molecule has 0 saturated heterocycles. The molecule has 1 aliphatic rings. The van der Waals surface area contributed by atoms with Crippen LogP contribution in [0.15, 0.2) is 18.2 Å². The van der Waals surface area contributed by atoms with Crippen molar-refractivity contribution in [3.8, 4) is 0 Å². The molecule has 0 amide bonds. The third kappa shape index (κ3) is 1.05. The molecule has 0 aliphatic carbocycles. The Labute approximate surface area is 77.7 Å². The fraction of sp³-hybridized carbons (Fsp3) is 0.400. The summed E-state index contributed by atoms with van der Waals surface area (Å²) in [5, 5.41) is 4.30. The van der Waals surface area contributed by atoms with Gasteiger partial charge in [-0.15, -0.1) is 0 Å². The highest BCUT2D eigenvalue weighted by Gasteiger charge is 2.30. The van der Waals surface area contributed by atoms with Crippen LogP contribution < -0.4 is 5.32 Å². The molecule has 1 N–H and O–H groups in total. The van der Waals surface area contributed by atoms with E-state index in [-0.39, 0.29) is 5.54 Å². The van der Waals surface area contributed by atoms with E-state index in [0.717, 1.165) is 11.6 Å². The average Bonchev–Trinajstić information content (AvgIpc) is 2.29. The first kappa shape index (κ1) is 8.09. The first-order valence-electron chi connectivity index (χ1n) is 4.14. The van der Waals surface area contributed by atoms with Gasteiger partial charge in [0.15, 0.2) is 0 Å². The predicted octanol–water partition coefficient (Wildman–Crippen LogP) is 2.68. The van der Waals surface area contributed by atoms with Crippen molar-refractivity contribution in [2.45, 2.75) is 25.9 Å². The summed E-state index contributed by atoms with van der Waals surface area (Å²) in [4.78, 5) is 0. The second kappa shape index (κ2) is 2.48. The maximum atomic E-state index is 6.11. The maximum absolute atomic E-state index is 6.11. The van der Waals surface area contributed by atoms with Crippen LogP contribution >= 0.6 is 11.6 Å². The molecule has 0 radical (unpaired) electrons. The van der Waals surface area contributed by atoms with Crippen molar-refractivity contribution in [1.29, 1.82) is 0 Å². The van der Waals surface area contributed by atoms with Crippen molar-refractivity contribution in [1.82, 2.24) is 5.32 Å². The molecule has 1 nitrogen and oxygen atoms in total. The number of benzene rings is 1. The molecule has 0 aromatic heterocycles. The van der Waals surface area contributed by atoms with Crippen molar-refractivity contribution in [2.24, 2.45) is 0 Å². The number of hydrogen-bond acceptors (Lipinski definition) is 1. The molecule has 0 saturated carbocycles. The molecule has 1 heterocycles. The third-order valence-electron chi connectivity index (χ3n) is 2.45. The Bertz CT molecular complexity index is 318. The van der Waals surface area contributed by atoms with Crippen molar-refractivity contribution in [3.05, 3.63) is 34.3 Å². The fourth-order valence-electron chi connectivity index (χ4n) is 1.82. The first-order valence-corrected chi connectivity index (χ1v) is 4.52. The Balaban J connectivity index is 2.64. The van der Waals surface area contributed by atoms with E-state index in [2.05, 4.69) is 25.2 Å². The van der Waals surface area contributed by atoms with Gasteiger partial charge in [0.1, 0.15) is 0 Å². The molecule has 1 aliphatic heterocycles. The van der Waals surface area contributed by atoms with Crippen LogP contribution in [0.2, 0.25) is 5.02 Å². The molecule has 1 aromatic carbocycles. The van der Waals surface area contributed by atoms with E-state index in [1.807, 2.05) is 12.1 Å². The Morgan fingerprint density at radius 3 is 2.83 bits per heavy atom. The number of hydrogen-bond donors (Lipinski definition) is 1. The summed E-state index contributed by atoms with van der Waals surface area (Å²) in [5.41, 5.74) is 2.62. The van der Waals surface area contributed by atoms with Gasteiger partial charge in [0.05, 0.1) is 0 Å². The van der Waals surface area contributed by atoms with E-state index in [9.17, 15) is 0 Å². The van der Waals surface area contributed by atoms with E-state index >= 15 is 0 Å². The molecule has 2 rings (SSSR count). The molecule has 0 bridgehead atoms. The largest absolute Gasteiger partial charge is 0.304 e. The SMILES string of the molecule is CC1(C)NCc2cccc(Cl)c21. The van der Waals surface area contributed by atoms with Crippen LogP contribution in [-0.4, -0.2) is 0 Å². The summed E-state index contributed by atoms with van der Waals surface area (Å²) in [6, 6.07) is 6.09. The average molecular weight is 182 g/mol. The summed E-state index contributed by atoms with van der Waals surface area (Å²) in [6.45, 7) is 5.25. The van der Waals surface area contributed by atoms with Gasteiger partial charge >= 0.3 is 0 Å². The lowest BCUT2D eigenvalue weighted by molar-refractivity contribution is 0.443. The minimum Gasteiger partial charge on any atom is -0.304 e. The monoisotopic (exact) mass is 181 g/mol. The quantitative estimate of drug-likeness (QED) is 0.649. The lowest BCUT2D eigenvalue weighted by atomic mass is 9.95. The van der Waals surface area contributed by atoms with Gasteiger partial charge in [-0.25, -0.2) is 0 Å². The van der Waals surface area contributed by atoms with Crippen molar-refractivity contribution in [3.63, 3.8) is 0 Å². The molecular weight excluding hydrogens is 170 g/mol. The second-order valence-corrected chi connectivity index (χ2v) is 4.16. The summed E-state index contributed by atoms with van der Waals surface area (Å²) in [7, 11) is 0. The third-order valence-corrected chi connectivity index (χ3v) is 2.76.